The standard InChI is InChI=1S/C53H96N2O12/c1-7-8-9-10-11-12-13-14-15-16-17-18-19-40(57)46(60)39(54)30-66-51-49(63)48(62)47(61)42(67-51)31-65-50(64)45(32(2)3)55-43(59)23-20-33(4)36-21-22-37-44-38(25-27-53(36,37)6)52(5)26-24-35(56)28-34(52)29-41(44)58/h32-42,44-49,51,56-58,60-63H,7-31,54H2,1-6H3,(H,55,59)/t33-,34?,35-,36?,37?,38?,39+,40-,41-,42?,44?,45+,46+,47?,48?,49?,51?,52+,53-/m1/s1. The highest BCUT2D eigenvalue weighted by molar-refractivity contribution is 5.84. The van der Waals surface area contributed by atoms with Gasteiger partial charge in [-0.25, -0.2) is 4.79 Å². The van der Waals surface area contributed by atoms with Crippen molar-refractivity contribution in [2.45, 2.75) is 256 Å². The average Bonchev–Trinajstić information content (AvgIpc) is 3.66. The molecule has 1 saturated heterocycles. The third kappa shape index (κ3) is 14.4. The first-order valence-corrected chi connectivity index (χ1v) is 27.1. The summed E-state index contributed by atoms with van der Waals surface area (Å²) in [6, 6.07) is -2.01. The molecule has 5 fully saturated rings. The quantitative estimate of drug-likeness (QED) is 0.0338. The predicted molar refractivity (Wildman–Crippen MR) is 257 cm³/mol. The molecule has 14 nitrogen and oxygen atoms in total. The van der Waals surface area contributed by atoms with Crippen LogP contribution in [0.25, 0.3) is 0 Å². The second kappa shape index (κ2) is 26.3. The van der Waals surface area contributed by atoms with E-state index in [0.717, 1.165) is 77.0 Å². The van der Waals surface area contributed by atoms with E-state index >= 15 is 0 Å². The number of amides is 1. The molecule has 0 aromatic rings. The number of hydrogen-bond donors (Lipinski definition) is 9. The maximum atomic E-state index is 13.5. The molecule has 1 heterocycles. The Morgan fingerprint density at radius 1 is 0.761 bits per heavy atom. The van der Waals surface area contributed by atoms with Crippen LogP contribution in [-0.4, -0.2) is 128 Å². The van der Waals surface area contributed by atoms with Gasteiger partial charge >= 0.3 is 5.97 Å². The van der Waals surface area contributed by atoms with E-state index in [0.29, 0.717) is 36.5 Å². The first kappa shape index (κ1) is 56.5. The molecule has 14 heteroatoms. The minimum absolute atomic E-state index is 0.0838. The molecule has 0 aromatic heterocycles. The number of fused-ring (bicyclic) bond motifs is 5. The van der Waals surface area contributed by atoms with Gasteiger partial charge in [0.1, 0.15) is 37.1 Å². The summed E-state index contributed by atoms with van der Waals surface area (Å²) in [6.07, 6.45) is 12.7. The van der Waals surface area contributed by atoms with Gasteiger partial charge < -0.3 is 61.0 Å². The smallest absolute Gasteiger partial charge is 0.328 e. The van der Waals surface area contributed by atoms with Crippen LogP contribution < -0.4 is 11.1 Å². The number of carbonyl (C=O) groups is 2. The van der Waals surface area contributed by atoms with E-state index in [1.54, 1.807) is 13.8 Å². The summed E-state index contributed by atoms with van der Waals surface area (Å²) < 4.78 is 17.0. The van der Waals surface area contributed by atoms with Crippen molar-refractivity contribution in [1.29, 1.82) is 0 Å². The molecule has 19 atom stereocenters. The molecule has 4 saturated carbocycles. The van der Waals surface area contributed by atoms with Gasteiger partial charge in [0, 0.05) is 6.42 Å². The van der Waals surface area contributed by atoms with Gasteiger partial charge in [-0.05, 0) is 116 Å². The molecule has 0 aromatic carbocycles. The van der Waals surface area contributed by atoms with Gasteiger partial charge in [0.05, 0.1) is 37.1 Å². The fourth-order valence-corrected chi connectivity index (χ4v) is 13.9. The van der Waals surface area contributed by atoms with E-state index in [1.165, 1.54) is 51.4 Å². The average molecular weight is 953 g/mol. The molecule has 1 aliphatic heterocycles. The Balaban J connectivity index is 1.02. The summed E-state index contributed by atoms with van der Waals surface area (Å²) in [5.41, 5.74) is 6.42. The molecule has 390 valence electrons. The number of unbranched alkanes of at least 4 members (excludes halogenated alkanes) is 11. The zero-order valence-corrected chi connectivity index (χ0v) is 42.3. The van der Waals surface area contributed by atoms with Gasteiger partial charge in [0.25, 0.3) is 0 Å². The highest BCUT2D eigenvalue weighted by Gasteiger charge is 2.63. The normalized spacial score (nSPS) is 37.4. The van der Waals surface area contributed by atoms with Crippen LogP contribution in [0.4, 0.5) is 0 Å². The highest BCUT2D eigenvalue weighted by atomic mass is 16.7. The Bertz CT molecular complexity index is 1490. The third-order valence-electron chi connectivity index (χ3n) is 18.2. The molecular formula is C53H96N2O12. The molecule has 1 amide bonds. The zero-order valence-electron chi connectivity index (χ0n) is 42.3. The first-order chi connectivity index (χ1) is 31.8. The number of aliphatic hydroxyl groups is 7. The zero-order chi connectivity index (χ0) is 49.1. The SMILES string of the molecule is CCCCCCCCCCCCCC[C@@H](O)[C@@H](O)[C@@H](N)COC1OC(COC(=O)[C@@H](NC(=O)CC[C@@H](C)C2CCC3C4C(CC[C@@]32C)[C@@]2(C)CC[C@@H](O)CC2C[C@H]4O)C(C)C)C(O)C(O)C1O. The second-order valence-corrected chi connectivity index (χ2v) is 23.1. The summed E-state index contributed by atoms with van der Waals surface area (Å²) in [5.74, 6) is 0.944. The Kier molecular flexibility index (Phi) is 22.2. The summed E-state index contributed by atoms with van der Waals surface area (Å²) in [7, 11) is 0. The number of nitrogens with one attached hydrogen (secondary N) is 1. The highest BCUT2D eigenvalue weighted by Crippen LogP contribution is 2.68. The maximum absolute atomic E-state index is 13.5. The Morgan fingerprint density at radius 2 is 1.37 bits per heavy atom. The van der Waals surface area contributed by atoms with Crippen molar-refractivity contribution >= 4 is 11.9 Å². The van der Waals surface area contributed by atoms with E-state index in [-0.39, 0.29) is 59.7 Å². The van der Waals surface area contributed by atoms with Crippen LogP contribution in [0.5, 0.6) is 0 Å². The molecule has 4 aliphatic carbocycles. The number of nitrogens with two attached hydrogens (primary N) is 1. The van der Waals surface area contributed by atoms with Crippen molar-refractivity contribution in [1.82, 2.24) is 5.32 Å². The number of carbonyl (C=O) groups excluding carboxylic acids is 2. The molecule has 0 bridgehead atoms. The van der Waals surface area contributed by atoms with Crippen LogP contribution in [0, 0.1) is 52.3 Å². The summed E-state index contributed by atoms with van der Waals surface area (Å²) >= 11 is 0. The third-order valence-corrected chi connectivity index (χ3v) is 18.2. The second-order valence-electron chi connectivity index (χ2n) is 23.1. The minimum atomic E-state index is -1.70. The molecule has 10 N–H and O–H groups in total. The summed E-state index contributed by atoms with van der Waals surface area (Å²) in [6.45, 7) is 12.1. The van der Waals surface area contributed by atoms with Crippen molar-refractivity contribution in [3.05, 3.63) is 0 Å². The van der Waals surface area contributed by atoms with E-state index in [4.69, 9.17) is 19.9 Å². The van der Waals surface area contributed by atoms with Gasteiger partial charge in [-0.2, -0.15) is 0 Å². The lowest BCUT2D eigenvalue weighted by Gasteiger charge is -2.62. The van der Waals surface area contributed by atoms with Gasteiger partial charge in [-0.15, -0.1) is 0 Å². The molecule has 10 unspecified atom stereocenters. The fourth-order valence-electron chi connectivity index (χ4n) is 13.9. The molecule has 5 aliphatic rings. The van der Waals surface area contributed by atoms with Crippen molar-refractivity contribution in [2.75, 3.05) is 13.2 Å². The van der Waals surface area contributed by atoms with E-state index in [2.05, 4.69) is 33.0 Å². The molecule has 5 rings (SSSR count). The van der Waals surface area contributed by atoms with Gasteiger partial charge in [-0.3, -0.25) is 4.79 Å². The van der Waals surface area contributed by atoms with Crippen molar-refractivity contribution in [3.8, 4) is 0 Å². The molecule has 67 heavy (non-hydrogen) atoms. The molecule has 0 spiro atoms. The Hall–Kier alpha value is -1.46. The van der Waals surface area contributed by atoms with Gasteiger partial charge in [0.15, 0.2) is 6.29 Å². The van der Waals surface area contributed by atoms with Crippen molar-refractivity contribution in [2.24, 2.45) is 58.0 Å². The monoisotopic (exact) mass is 953 g/mol. The number of esters is 1. The lowest BCUT2D eigenvalue weighted by Crippen LogP contribution is -2.60. The summed E-state index contributed by atoms with van der Waals surface area (Å²) in [5, 5.41) is 78.4. The Labute approximate surface area is 403 Å². The van der Waals surface area contributed by atoms with E-state index in [9.17, 15) is 45.3 Å². The molecular weight excluding hydrogens is 857 g/mol. The van der Waals surface area contributed by atoms with Crippen molar-refractivity contribution in [3.63, 3.8) is 0 Å². The van der Waals surface area contributed by atoms with E-state index in [1.807, 2.05) is 0 Å². The van der Waals surface area contributed by atoms with E-state index < -0.39 is 67.6 Å². The fraction of sp³-hybridized carbons (Fsp3) is 0.962. The lowest BCUT2D eigenvalue weighted by atomic mass is 9.43. The number of hydrogen-bond acceptors (Lipinski definition) is 13. The predicted octanol–water partition coefficient (Wildman–Crippen LogP) is 6.04. The van der Waals surface area contributed by atoms with Crippen LogP contribution in [0.2, 0.25) is 0 Å². The first-order valence-electron chi connectivity index (χ1n) is 27.1. The minimum Gasteiger partial charge on any atom is -0.461 e. The van der Waals surface area contributed by atoms with Gasteiger partial charge in [0.2, 0.25) is 5.91 Å². The van der Waals surface area contributed by atoms with Crippen LogP contribution >= 0.6 is 0 Å². The largest absolute Gasteiger partial charge is 0.461 e. The Morgan fingerprint density at radius 3 is 2.01 bits per heavy atom. The number of rotatable bonds is 27. The van der Waals surface area contributed by atoms with Crippen molar-refractivity contribution < 1.29 is 59.5 Å². The van der Waals surface area contributed by atoms with Gasteiger partial charge in [-0.1, -0.05) is 119 Å². The van der Waals surface area contributed by atoms with Crippen LogP contribution in [0.3, 0.4) is 0 Å². The van der Waals surface area contributed by atoms with Crippen LogP contribution in [0.1, 0.15) is 189 Å². The maximum Gasteiger partial charge on any atom is 0.328 e. The van der Waals surface area contributed by atoms with Crippen LogP contribution in [0.15, 0.2) is 0 Å². The topological polar surface area (TPSA) is 241 Å². The van der Waals surface area contributed by atoms with Crippen LogP contribution in [-0.2, 0) is 23.8 Å². The number of aliphatic hydroxyl groups excluding tert-OH is 7. The number of ether oxygens (including phenoxy) is 3. The molecule has 0 radical (unpaired) electrons. The lowest BCUT2D eigenvalue weighted by molar-refractivity contribution is -0.303. The summed E-state index contributed by atoms with van der Waals surface area (Å²) in [4.78, 5) is 26.9.